The Morgan fingerprint density at radius 3 is 3.08 bits per heavy atom. The van der Waals surface area contributed by atoms with Crippen molar-refractivity contribution in [2.75, 3.05) is 5.73 Å². The number of rotatable bonds is 1. The van der Waals surface area contributed by atoms with Gasteiger partial charge in [0.05, 0.1) is 5.52 Å². The number of nitrogens with one attached hydrogen (secondary N) is 1. The van der Waals surface area contributed by atoms with Crippen molar-refractivity contribution in [1.82, 2.24) is 10.2 Å². The maximum Gasteiger partial charge on any atom is 0.153 e. The van der Waals surface area contributed by atoms with Crippen LogP contribution < -0.4 is 5.73 Å². The summed E-state index contributed by atoms with van der Waals surface area (Å²) in [7, 11) is 0. The van der Waals surface area contributed by atoms with Crippen LogP contribution in [0.3, 0.4) is 0 Å². The molecule has 0 aliphatic carbocycles. The van der Waals surface area contributed by atoms with E-state index in [1.54, 1.807) is 0 Å². The van der Waals surface area contributed by atoms with Crippen LogP contribution in [-0.4, -0.2) is 10.2 Å². The molecule has 0 atom stereocenters. The number of nitrogen functional groups attached to an aromatic ring is 1. The minimum atomic E-state index is 0.561. The van der Waals surface area contributed by atoms with E-state index >= 15 is 0 Å². The van der Waals surface area contributed by atoms with E-state index in [-0.39, 0.29) is 0 Å². The van der Waals surface area contributed by atoms with Crippen LogP contribution in [0.2, 0.25) is 0 Å². The predicted octanol–water partition coefficient (Wildman–Crippen LogP) is 2.04. The van der Waals surface area contributed by atoms with Crippen LogP contribution in [0.4, 0.5) is 5.82 Å². The number of nitrogens with zero attached hydrogens (tertiary/aromatic N) is 1. The molecule has 2 rings (SSSR count). The number of fused-ring (bicyclic) bond motifs is 1. The summed E-state index contributed by atoms with van der Waals surface area (Å²) in [5, 5.41) is 8.61. The van der Waals surface area contributed by atoms with Crippen LogP contribution in [0.1, 0.15) is 5.56 Å². The summed E-state index contributed by atoms with van der Waals surface area (Å²) in [5.41, 5.74) is 7.82. The maximum atomic E-state index is 5.61. The molecule has 0 amide bonds. The van der Waals surface area contributed by atoms with E-state index in [1.165, 1.54) is 5.56 Å². The van der Waals surface area contributed by atoms with Crippen molar-refractivity contribution in [3.63, 3.8) is 0 Å². The van der Waals surface area contributed by atoms with Crippen molar-refractivity contribution in [2.24, 2.45) is 0 Å². The highest BCUT2D eigenvalue weighted by Gasteiger charge is 2.01. The molecule has 1 aromatic heterocycles. The van der Waals surface area contributed by atoms with E-state index in [1.807, 2.05) is 18.2 Å². The van der Waals surface area contributed by atoms with Gasteiger partial charge in [0, 0.05) is 10.7 Å². The van der Waals surface area contributed by atoms with Gasteiger partial charge in [0.2, 0.25) is 0 Å². The Kier molecular flexibility index (Phi) is 1.77. The van der Waals surface area contributed by atoms with Crippen molar-refractivity contribution in [1.29, 1.82) is 0 Å². The molecular formula is C8H8BrN3. The fourth-order valence-corrected chi connectivity index (χ4v) is 1.52. The van der Waals surface area contributed by atoms with Gasteiger partial charge in [-0.3, -0.25) is 5.10 Å². The van der Waals surface area contributed by atoms with Gasteiger partial charge in [-0.1, -0.05) is 22.0 Å². The second-order valence-corrected chi connectivity index (χ2v) is 3.18. The van der Waals surface area contributed by atoms with Gasteiger partial charge >= 0.3 is 0 Å². The van der Waals surface area contributed by atoms with Crippen molar-refractivity contribution in [3.05, 3.63) is 23.8 Å². The standard InChI is InChI=1S/C8H8BrN3/c9-4-5-1-2-6-7(3-5)11-12-8(6)10/h1-3H,4H2,(H3,10,11,12). The van der Waals surface area contributed by atoms with Crippen molar-refractivity contribution in [3.8, 4) is 0 Å². The highest BCUT2D eigenvalue weighted by atomic mass is 79.9. The van der Waals surface area contributed by atoms with Gasteiger partial charge in [-0.15, -0.1) is 0 Å². The first-order valence-electron chi connectivity index (χ1n) is 3.59. The first kappa shape index (κ1) is 7.61. The number of anilines is 1. The first-order chi connectivity index (χ1) is 5.81. The topological polar surface area (TPSA) is 54.7 Å². The summed E-state index contributed by atoms with van der Waals surface area (Å²) in [6.45, 7) is 0. The number of aromatic nitrogens is 2. The van der Waals surface area contributed by atoms with Crippen LogP contribution in [0.15, 0.2) is 18.2 Å². The van der Waals surface area contributed by atoms with Gasteiger partial charge in [-0.05, 0) is 17.7 Å². The predicted molar refractivity (Wildman–Crippen MR) is 53.1 cm³/mol. The van der Waals surface area contributed by atoms with Crippen molar-refractivity contribution in [2.45, 2.75) is 5.33 Å². The van der Waals surface area contributed by atoms with E-state index in [0.29, 0.717) is 5.82 Å². The molecule has 0 radical (unpaired) electrons. The first-order valence-corrected chi connectivity index (χ1v) is 4.72. The lowest BCUT2D eigenvalue weighted by Gasteiger charge is -1.94. The van der Waals surface area contributed by atoms with Gasteiger partial charge in [0.1, 0.15) is 0 Å². The molecule has 3 nitrogen and oxygen atoms in total. The minimum absolute atomic E-state index is 0.561. The lowest BCUT2D eigenvalue weighted by molar-refractivity contribution is 1.13. The molecule has 0 bridgehead atoms. The van der Waals surface area contributed by atoms with Crippen LogP contribution in [0, 0.1) is 0 Å². The van der Waals surface area contributed by atoms with Gasteiger partial charge in [-0.25, -0.2) is 0 Å². The lowest BCUT2D eigenvalue weighted by Crippen LogP contribution is -1.83. The molecule has 0 saturated heterocycles. The fourth-order valence-electron chi connectivity index (χ4n) is 1.17. The minimum Gasteiger partial charge on any atom is -0.382 e. The molecule has 0 unspecified atom stereocenters. The number of nitrogens with two attached hydrogens (primary N) is 1. The molecule has 0 aliphatic rings. The van der Waals surface area contributed by atoms with Crippen LogP contribution in [-0.2, 0) is 5.33 Å². The molecule has 0 spiro atoms. The molecule has 3 N–H and O–H groups in total. The number of hydrogen-bond acceptors (Lipinski definition) is 2. The SMILES string of the molecule is Nc1n[nH]c2cc(CBr)ccc12. The molecule has 0 saturated carbocycles. The monoisotopic (exact) mass is 225 g/mol. The Morgan fingerprint density at radius 1 is 1.50 bits per heavy atom. The van der Waals surface area contributed by atoms with Crippen LogP contribution >= 0.6 is 15.9 Å². The lowest BCUT2D eigenvalue weighted by atomic mass is 10.2. The fraction of sp³-hybridized carbons (Fsp3) is 0.125. The average Bonchev–Trinajstić information content (AvgIpc) is 2.47. The smallest absolute Gasteiger partial charge is 0.153 e. The van der Waals surface area contributed by atoms with Gasteiger partial charge in [0.15, 0.2) is 5.82 Å². The van der Waals surface area contributed by atoms with Gasteiger partial charge in [0.25, 0.3) is 0 Å². The molecule has 1 aromatic carbocycles. The third kappa shape index (κ3) is 1.08. The Bertz CT molecular complexity index is 408. The van der Waals surface area contributed by atoms with E-state index in [2.05, 4.69) is 26.1 Å². The van der Waals surface area contributed by atoms with E-state index < -0.39 is 0 Å². The number of hydrogen-bond donors (Lipinski definition) is 2. The molecular weight excluding hydrogens is 218 g/mol. The highest BCUT2D eigenvalue weighted by Crippen LogP contribution is 2.19. The largest absolute Gasteiger partial charge is 0.382 e. The zero-order valence-electron chi connectivity index (χ0n) is 6.34. The Labute approximate surface area is 78.1 Å². The molecule has 0 aliphatic heterocycles. The molecule has 2 aromatic rings. The maximum absolute atomic E-state index is 5.61. The summed E-state index contributed by atoms with van der Waals surface area (Å²) < 4.78 is 0. The Morgan fingerprint density at radius 2 is 2.33 bits per heavy atom. The second kappa shape index (κ2) is 2.79. The van der Waals surface area contributed by atoms with Crippen molar-refractivity contribution < 1.29 is 0 Å². The summed E-state index contributed by atoms with van der Waals surface area (Å²) in [6.07, 6.45) is 0. The summed E-state index contributed by atoms with van der Waals surface area (Å²) in [4.78, 5) is 0. The Balaban J connectivity index is 2.69. The van der Waals surface area contributed by atoms with Crippen molar-refractivity contribution >= 4 is 32.7 Å². The second-order valence-electron chi connectivity index (χ2n) is 2.62. The van der Waals surface area contributed by atoms with E-state index in [4.69, 9.17) is 5.73 Å². The van der Waals surface area contributed by atoms with Gasteiger partial charge in [-0.2, -0.15) is 5.10 Å². The molecule has 12 heavy (non-hydrogen) atoms. The third-order valence-corrected chi connectivity index (χ3v) is 2.46. The average molecular weight is 226 g/mol. The third-order valence-electron chi connectivity index (χ3n) is 1.81. The normalized spacial score (nSPS) is 10.8. The number of alkyl halides is 1. The number of aromatic amines is 1. The molecule has 0 fully saturated rings. The van der Waals surface area contributed by atoms with Crippen LogP contribution in [0.25, 0.3) is 10.9 Å². The van der Waals surface area contributed by atoms with Crippen LogP contribution in [0.5, 0.6) is 0 Å². The number of halogens is 1. The molecule has 62 valence electrons. The summed E-state index contributed by atoms with van der Waals surface area (Å²) >= 11 is 3.38. The number of benzene rings is 1. The van der Waals surface area contributed by atoms with Gasteiger partial charge < -0.3 is 5.73 Å². The number of H-pyrrole nitrogens is 1. The van der Waals surface area contributed by atoms with E-state index in [9.17, 15) is 0 Å². The summed E-state index contributed by atoms with van der Waals surface area (Å²) in [5.74, 6) is 0.561. The zero-order chi connectivity index (χ0) is 8.55. The quantitative estimate of drug-likeness (QED) is 0.731. The molecule has 4 heteroatoms. The highest BCUT2D eigenvalue weighted by molar-refractivity contribution is 9.08. The summed E-state index contributed by atoms with van der Waals surface area (Å²) in [6, 6.07) is 6.04. The zero-order valence-corrected chi connectivity index (χ0v) is 7.93. The van der Waals surface area contributed by atoms with E-state index in [0.717, 1.165) is 16.2 Å². The Hall–Kier alpha value is -1.03. The molecule has 1 heterocycles.